The molecule has 0 bridgehead atoms. The quantitative estimate of drug-likeness (QED) is 0.553. The Morgan fingerprint density at radius 3 is 2.61 bits per heavy atom. The van der Waals surface area contributed by atoms with E-state index in [0.29, 0.717) is 11.4 Å². The van der Waals surface area contributed by atoms with Crippen LogP contribution in [0.5, 0.6) is 0 Å². The van der Waals surface area contributed by atoms with E-state index in [0.717, 1.165) is 32.1 Å². The van der Waals surface area contributed by atoms with E-state index in [-0.39, 0.29) is 29.1 Å². The van der Waals surface area contributed by atoms with Gasteiger partial charge in [-0.1, -0.05) is 11.9 Å². The van der Waals surface area contributed by atoms with Crippen LogP contribution < -0.4 is 5.32 Å². The smallest absolute Gasteiger partial charge is 0.351 e. The second kappa shape index (κ2) is 9.36. The van der Waals surface area contributed by atoms with Crippen LogP contribution in [0.2, 0.25) is 0 Å². The number of alkyl halides is 3. The highest BCUT2D eigenvalue weighted by Crippen LogP contribution is 2.36. The molecule has 1 fully saturated rings. The molecule has 1 N–H and O–H groups in total. The Morgan fingerprint density at radius 1 is 1.18 bits per heavy atom. The van der Waals surface area contributed by atoms with Crippen molar-refractivity contribution in [3.8, 4) is 23.1 Å². The van der Waals surface area contributed by atoms with E-state index in [1.165, 1.54) is 17.1 Å². The Balaban J connectivity index is 1.67. The molecule has 0 amide bonds. The molecule has 12 heteroatoms. The number of piperidine rings is 1. The third-order valence-corrected chi connectivity index (χ3v) is 6.24. The lowest BCUT2D eigenvalue weighted by Crippen LogP contribution is -2.35. The van der Waals surface area contributed by atoms with Gasteiger partial charge in [0.15, 0.2) is 5.69 Å². The van der Waals surface area contributed by atoms with Gasteiger partial charge < -0.3 is 9.88 Å². The van der Waals surface area contributed by atoms with Gasteiger partial charge in [0, 0.05) is 37.2 Å². The van der Waals surface area contributed by atoms with Gasteiger partial charge in [-0.2, -0.15) is 18.4 Å². The number of rotatable bonds is 5. The fraction of sp³-hybridized carbons (Fsp3) is 0.381. The summed E-state index contributed by atoms with van der Waals surface area (Å²) in [4.78, 5) is 16.4. The number of aryl methyl sites for hydroxylation is 1. The topological polar surface area (TPSA) is 95.6 Å². The molecule has 4 heterocycles. The molecule has 1 aliphatic rings. The summed E-state index contributed by atoms with van der Waals surface area (Å²) in [5, 5.41) is 12.5. The Hall–Kier alpha value is -3.17. The number of nitrogens with zero attached hydrogens (tertiary/aromatic N) is 7. The number of imidazole rings is 1. The monoisotopic (exact) mass is 474 g/mol. The third-order valence-electron chi connectivity index (χ3n) is 5.36. The van der Waals surface area contributed by atoms with E-state index in [1.807, 2.05) is 12.3 Å². The molecular weight excluding hydrogens is 453 g/mol. The summed E-state index contributed by atoms with van der Waals surface area (Å²) in [5.41, 5.74) is -0.0452. The molecule has 4 rings (SSSR count). The van der Waals surface area contributed by atoms with Crippen LogP contribution in [0.4, 0.5) is 19.1 Å². The van der Waals surface area contributed by atoms with Crippen molar-refractivity contribution >= 4 is 17.9 Å². The van der Waals surface area contributed by atoms with Crippen LogP contribution in [0.15, 0.2) is 30.9 Å². The lowest BCUT2D eigenvalue weighted by molar-refractivity contribution is -0.137. The largest absolute Gasteiger partial charge is 0.420 e. The molecule has 8 nitrogen and oxygen atoms in total. The van der Waals surface area contributed by atoms with Crippen molar-refractivity contribution in [2.24, 2.45) is 0 Å². The highest BCUT2D eigenvalue weighted by molar-refractivity contribution is 7.96. The van der Waals surface area contributed by atoms with E-state index in [9.17, 15) is 18.4 Å². The van der Waals surface area contributed by atoms with Crippen LogP contribution in [0.1, 0.15) is 29.8 Å². The summed E-state index contributed by atoms with van der Waals surface area (Å²) in [6.07, 6.45) is 2.59. The second-order valence-corrected chi connectivity index (χ2v) is 8.46. The molecular formula is C21H21F3N8S. The number of aromatic nitrogens is 5. The Bertz CT molecular complexity index is 1180. The molecule has 0 spiro atoms. The number of halogens is 3. The normalized spacial score (nSPS) is 15.4. The summed E-state index contributed by atoms with van der Waals surface area (Å²) in [6.45, 7) is 3.50. The van der Waals surface area contributed by atoms with Crippen LogP contribution in [0.25, 0.3) is 17.1 Å². The Kier molecular flexibility index (Phi) is 6.53. The van der Waals surface area contributed by atoms with Gasteiger partial charge in [-0.3, -0.25) is 4.31 Å². The van der Waals surface area contributed by atoms with Crippen LogP contribution >= 0.6 is 11.9 Å². The summed E-state index contributed by atoms with van der Waals surface area (Å²) in [7, 11) is 0. The van der Waals surface area contributed by atoms with Crippen molar-refractivity contribution < 1.29 is 13.2 Å². The summed E-state index contributed by atoms with van der Waals surface area (Å²) in [6, 6.07) is 5.46. The van der Waals surface area contributed by atoms with Gasteiger partial charge in [0.1, 0.15) is 29.3 Å². The molecule has 3 aromatic heterocycles. The van der Waals surface area contributed by atoms with Gasteiger partial charge in [-0.25, -0.2) is 19.9 Å². The highest BCUT2D eigenvalue weighted by Gasteiger charge is 2.36. The molecule has 0 radical (unpaired) electrons. The lowest BCUT2D eigenvalue weighted by Gasteiger charge is -2.30. The van der Waals surface area contributed by atoms with Crippen LogP contribution in [0, 0.1) is 18.3 Å². The zero-order chi connectivity index (χ0) is 23.6. The predicted octanol–water partition coefficient (Wildman–Crippen LogP) is 4.08. The number of nitrogens with one attached hydrogen (secondary N) is 1. The van der Waals surface area contributed by atoms with Gasteiger partial charge >= 0.3 is 6.18 Å². The first-order chi connectivity index (χ1) is 15.8. The highest BCUT2D eigenvalue weighted by atomic mass is 32.2. The number of pyridine rings is 1. The number of hydrogen-bond donors (Lipinski definition) is 1. The zero-order valence-corrected chi connectivity index (χ0v) is 18.8. The predicted molar refractivity (Wildman–Crippen MR) is 119 cm³/mol. The summed E-state index contributed by atoms with van der Waals surface area (Å²) in [5.74, 6) is 0.130. The third kappa shape index (κ3) is 5.09. The first-order valence-corrected chi connectivity index (χ1v) is 11.4. The van der Waals surface area contributed by atoms with Crippen molar-refractivity contribution in [1.29, 1.82) is 5.26 Å². The maximum Gasteiger partial charge on any atom is 0.420 e. The fourth-order valence-corrected chi connectivity index (χ4v) is 4.21. The Morgan fingerprint density at radius 2 is 1.94 bits per heavy atom. The van der Waals surface area contributed by atoms with Gasteiger partial charge in [-0.15, -0.1) is 0 Å². The molecule has 0 aromatic carbocycles. The second-order valence-electron chi connectivity index (χ2n) is 7.58. The molecule has 0 saturated carbocycles. The van der Waals surface area contributed by atoms with Crippen molar-refractivity contribution in [1.82, 2.24) is 28.8 Å². The SMILES string of the molecule is CSN1CCC(Nc2ncc(C(F)(F)F)c(-c3cn(-c4ccc(C)nc4C#N)cn3)n2)CC1. The summed E-state index contributed by atoms with van der Waals surface area (Å²) >= 11 is 1.68. The molecule has 1 saturated heterocycles. The van der Waals surface area contributed by atoms with Gasteiger partial charge in [0.2, 0.25) is 5.95 Å². The molecule has 0 atom stereocenters. The van der Waals surface area contributed by atoms with Crippen molar-refractivity contribution in [3.63, 3.8) is 0 Å². The molecule has 33 heavy (non-hydrogen) atoms. The van der Waals surface area contributed by atoms with Crippen molar-refractivity contribution in [2.45, 2.75) is 32.0 Å². The standard InChI is InChI=1S/C21H21F3N8S/c1-13-3-4-18(16(9-25)28-13)31-11-17(27-12-31)19-15(21(22,23)24)10-26-20(30-19)29-14-5-7-32(33-2)8-6-14/h3-4,10-12,14H,5-8H2,1-2H3,(H,26,29,30). The fourth-order valence-electron chi connectivity index (χ4n) is 3.64. The van der Waals surface area contributed by atoms with E-state index in [2.05, 4.69) is 29.6 Å². The minimum atomic E-state index is -4.65. The molecule has 1 aliphatic heterocycles. The van der Waals surface area contributed by atoms with Crippen LogP contribution in [-0.4, -0.2) is 54.2 Å². The number of anilines is 1. The average Bonchev–Trinajstić information content (AvgIpc) is 3.28. The zero-order valence-electron chi connectivity index (χ0n) is 18.0. The van der Waals surface area contributed by atoms with Gasteiger partial charge in [-0.05, 0) is 38.2 Å². The van der Waals surface area contributed by atoms with Crippen molar-refractivity contribution in [3.05, 3.63) is 47.8 Å². The molecule has 3 aromatic rings. The number of hydrogen-bond acceptors (Lipinski definition) is 8. The molecule has 172 valence electrons. The maximum atomic E-state index is 13.7. The van der Waals surface area contributed by atoms with Gasteiger partial charge in [0.05, 0.1) is 5.69 Å². The van der Waals surface area contributed by atoms with E-state index in [4.69, 9.17) is 0 Å². The van der Waals surface area contributed by atoms with E-state index in [1.54, 1.807) is 31.0 Å². The first-order valence-electron chi connectivity index (χ1n) is 10.2. The van der Waals surface area contributed by atoms with Crippen LogP contribution in [0.3, 0.4) is 0 Å². The minimum Gasteiger partial charge on any atom is -0.351 e. The summed E-state index contributed by atoms with van der Waals surface area (Å²) < 4.78 is 44.8. The Labute approximate surface area is 193 Å². The van der Waals surface area contributed by atoms with E-state index < -0.39 is 11.7 Å². The average molecular weight is 475 g/mol. The molecule has 0 aliphatic carbocycles. The first kappa shape index (κ1) is 23.0. The lowest BCUT2D eigenvalue weighted by atomic mass is 10.1. The van der Waals surface area contributed by atoms with Crippen LogP contribution in [-0.2, 0) is 6.18 Å². The minimum absolute atomic E-state index is 0.0226. The maximum absolute atomic E-state index is 13.7. The number of nitriles is 1. The molecule has 0 unspecified atom stereocenters. The van der Waals surface area contributed by atoms with Gasteiger partial charge in [0.25, 0.3) is 0 Å². The van der Waals surface area contributed by atoms with E-state index >= 15 is 0 Å². The van der Waals surface area contributed by atoms with Crippen molar-refractivity contribution in [2.75, 3.05) is 24.7 Å².